The van der Waals surface area contributed by atoms with Gasteiger partial charge in [-0.1, -0.05) is 12.1 Å². The van der Waals surface area contributed by atoms with Crippen LogP contribution >= 0.6 is 0 Å². The third kappa shape index (κ3) is 2.40. The van der Waals surface area contributed by atoms with Gasteiger partial charge in [0, 0.05) is 32.1 Å². The third-order valence-electron chi connectivity index (χ3n) is 4.78. The molecule has 2 aliphatic heterocycles. The fourth-order valence-corrected chi connectivity index (χ4v) is 3.56. The highest BCUT2D eigenvalue weighted by molar-refractivity contribution is 5.78. The van der Waals surface area contributed by atoms with E-state index in [-0.39, 0.29) is 0 Å². The minimum Gasteiger partial charge on any atom is -0.355 e. The Morgan fingerprint density at radius 2 is 1.82 bits per heavy atom. The number of hydrogen-bond donors (Lipinski definition) is 0. The van der Waals surface area contributed by atoms with Gasteiger partial charge in [0.05, 0.1) is 17.2 Å². The van der Waals surface area contributed by atoms with E-state index in [0.717, 1.165) is 62.2 Å². The number of amides is 1. The van der Waals surface area contributed by atoms with Gasteiger partial charge in [-0.2, -0.15) is 0 Å². The molecule has 1 aromatic carbocycles. The maximum atomic E-state index is 11.9. The number of piperidine rings is 1. The van der Waals surface area contributed by atoms with Crippen molar-refractivity contribution < 1.29 is 4.79 Å². The predicted octanol–water partition coefficient (Wildman–Crippen LogP) is 2.22. The fraction of sp³-hybridized carbons (Fsp3) is 0.471. The van der Waals surface area contributed by atoms with E-state index in [1.165, 1.54) is 0 Å². The molecule has 5 nitrogen and oxygen atoms in total. The second-order valence-electron chi connectivity index (χ2n) is 6.13. The minimum absolute atomic E-state index is 0.337. The van der Waals surface area contributed by atoms with Crippen molar-refractivity contribution in [1.29, 1.82) is 0 Å². The Balaban J connectivity index is 1.47. The Morgan fingerprint density at radius 3 is 2.55 bits per heavy atom. The van der Waals surface area contributed by atoms with Gasteiger partial charge < -0.3 is 9.80 Å². The number of benzene rings is 1. The lowest BCUT2D eigenvalue weighted by atomic mass is 10.0. The van der Waals surface area contributed by atoms with Crippen molar-refractivity contribution in [1.82, 2.24) is 14.9 Å². The van der Waals surface area contributed by atoms with E-state index in [9.17, 15) is 4.79 Å². The number of fused-ring (bicyclic) bond motifs is 1. The topological polar surface area (TPSA) is 49.3 Å². The number of aromatic nitrogens is 2. The molecule has 0 unspecified atom stereocenters. The van der Waals surface area contributed by atoms with Crippen LogP contribution in [0.1, 0.15) is 25.7 Å². The summed E-state index contributed by atoms with van der Waals surface area (Å²) >= 11 is 0. The van der Waals surface area contributed by atoms with Gasteiger partial charge >= 0.3 is 0 Å². The SMILES string of the molecule is O=C1CCCN1C1CCN(c2cnc3ccccc3n2)CC1. The first kappa shape index (κ1) is 13.5. The Kier molecular flexibility index (Phi) is 3.41. The van der Waals surface area contributed by atoms with Crippen LogP contribution < -0.4 is 4.90 Å². The summed E-state index contributed by atoms with van der Waals surface area (Å²) in [6, 6.07) is 8.37. The number of rotatable bonds is 2. The number of carbonyl (C=O) groups is 1. The van der Waals surface area contributed by atoms with Crippen molar-refractivity contribution in [2.75, 3.05) is 24.5 Å². The molecule has 0 aliphatic carbocycles. The van der Waals surface area contributed by atoms with Crippen molar-refractivity contribution in [2.45, 2.75) is 31.7 Å². The van der Waals surface area contributed by atoms with Crippen LogP contribution in [-0.4, -0.2) is 46.5 Å². The monoisotopic (exact) mass is 296 g/mol. The number of likely N-dealkylation sites (tertiary alicyclic amines) is 1. The molecule has 2 aliphatic rings. The first-order valence-corrected chi connectivity index (χ1v) is 8.07. The van der Waals surface area contributed by atoms with Gasteiger partial charge in [-0.05, 0) is 31.4 Å². The number of carbonyl (C=O) groups excluding carboxylic acids is 1. The summed E-state index contributed by atoms with van der Waals surface area (Å²) in [7, 11) is 0. The highest BCUT2D eigenvalue weighted by Crippen LogP contribution is 2.25. The van der Waals surface area contributed by atoms with Gasteiger partial charge in [0.15, 0.2) is 0 Å². The van der Waals surface area contributed by atoms with Crippen molar-refractivity contribution in [2.24, 2.45) is 0 Å². The van der Waals surface area contributed by atoms with Gasteiger partial charge in [0.1, 0.15) is 5.82 Å². The molecule has 1 aromatic heterocycles. The van der Waals surface area contributed by atoms with Crippen LogP contribution in [0.4, 0.5) is 5.82 Å². The molecule has 0 N–H and O–H groups in total. The smallest absolute Gasteiger partial charge is 0.222 e. The van der Waals surface area contributed by atoms with Gasteiger partial charge in [-0.15, -0.1) is 0 Å². The van der Waals surface area contributed by atoms with Crippen LogP contribution in [0.3, 0.4) is 0 Å². The molecule has 0 spiro atoms. The standard InChI is InChI=1S/C17H20N4O/c22-17-6-3-9-21(17)13-7-10-20(11-8-13)16-12-18-14-4-1-2-5-15(14)19-16/h1-2,4-5,12-13H,3,6-11H2. The van der Waals surface area contributed by atoms with E-state index >= 15 is 0 Å². The fourth-order valence-electron chi connectivity index (χ4n) is 3.56. The van der Waals surface area contributed by atoms with E-state index in [2.05, 4.69) is 14.8 Å². The van der Waals surface area contributed by atoms with Crippen LogP contribution in [-0.2, 0) is 4.79 Å². The largest absolute Gasteiger partial charge is 0.355 e. The van der Waals surface area contributed by atoms with E-state index in [1.807, 2.05) is 30.5 Å². The molecule has 0 radical (unpaired) electrons. The predicted molar refractivity (Wildman–Crippen MR) is 85.7 cm³/mol. The van der Waals surface area contributed by atoms with Gasteiger partial charge in [0.25, 0.3) is 0 Å². The van der Waals surface area contributed by atoms with Crippen molar-refractivity contribution in [3.63, 3.8) is 0 Å². The lowest BCUT2D eigenvalue weighted by molar-refractivity contribution is -0.130. The molecule has 0 saturated carbocycles. The normalized spacial score (nSPS) is 20.1. The molecule has 2 saturated heterocycles. The second kappa shape index (κ2) is 5.55. The number of hydrogen-bond acceptors (Lipinski definition) is 4. The molecular weight excluding hydrogens is 276 g/mol. The van der Waals surface area contributed by atoms with Crippen LogP contribution in [0, 0.1) is 0 Å². The molecule has 4 rings (SSSR count). The third-order valence-corrected chi connectivity index (χ3v) is 4.78. The van der Waals surface area contributed by atoms with Gasteiger partial charge in [-0.25, -0.2) is 4.98 Å². The molecule has 0 atom stereocenters. The Hall–Kier alpha value is -2.17. The zero-order valence-corrected chi connectivity index (χ0v) is 12.6. The number of para-hydroxylation sites is 2. The molecule has 0 bridgehead atoms. The summed E-state index contributed by atoms with van der Waals surface area (Å²) < 4.78 is 0. The zero-order valence-electron chi connectivity index (χ0n) is 12.6. The molecular formula is C17H20N4O. The van der Waals surface area contributed by atoms with Crippen LogP contribution in [0.2, 0.25) is 0 Å². The molecule has 114 valence electrons. The van der Waals surface area contributed by atoms with E-state index in [1.54, 1.807) is 0 Å². The van der Waals surface area contributed by atoms with E-state index in [0.29, 0.717) is 11.9 Å². The van der Waals surface area contributed by atoms with Crippen molar-refractivity contribution >= 4 is 22.8 Å². The van der Waals surface area contributed by atoms with Crippen LogP contribution in [0.25, 0.3) is 11.0 Å². The Morgan fingerprint density at radius 1 is 1.05 bits per heavy atom. The molecule has 2 fully saturated rings. The average molecular weight is 296 g/mol. The zero-order chi connectivity index (χ0) is 14.9. The van der Waals surface area contributed by atoms with E-state index in [4.69, 9.17) is 4.98 Å². The van der Waals surface area contributed by atoms with Crippen LogP contribution in [0.5, 0.6) is 0 Å². The summed E-state index contributed by atoms with van der Waals surface area (Å²) in [5.74, 6) is 1.29. The maximum Gasteiger partial charge on any atom is 0.222 e. The molecule has 22 heavy (non-hydrogen) atoms. The highest BCUT2D eigenvalue weighted by atomic mass is 16.2. The average Bonchev–Trinajstić information content (AvgIpc) is 3.01. The summed E-state index contributed by atoms with van der Waals surface area (Å²) in [6.45, 7) is 2.84. The maximum absolute atomic E-state index is 11.9. The Labute approximate surface area is 130 Å². The molecule has 5 heteroatoms. The first-order chi connectivity index (χ1) is 10.8. The molecule has 1 amide bonds. The molecule has 2 aromatic rings. The van der Waals surface area contributed by atoms with Crippen molar-refractivity contribution in [3.8, 4) is 0 Å². The van der Waals surface area contributed by atoms with Gasteiger partial charge in [-0.3, -0.25) is 9.78 Å². The number of nitrogens with zero attached hydrogens (tertiary/aromatic N) is 4. The summed E-state index contributed by atoms with van der Waals surface area (Å²) in [6.07, 6.45) is 5.68. The minimum atomic E-state index is 0.337. The summed E-state index contributed by atoms with van der Waals surface area (Å²) in [5, 5.41) is 0. The molecule has 3 heterocycles. The van der Waals surface area contributed by atoms with Crippen LogP contribution in [0.15, 0.2) is 30.5 Å². The lowest BCUT2D eigenvalue weighted by Crippen LogP contribution is -2.45. The highest BCUT2D eigenvalue weighted by Gasteiger charge is 2.30. The van der Waals surface area contributed by atoms with Gasteiger partial charge in [0.2, 0.25) is 5.91 Å². The van der Waals surface area contributed by atoms with Crippen molar-refractivity contribution in [3.05, 3.63) is 30.5 Å². The number of anilines is 1. The lowest BCUT2D eigenvalue weighted by Gasteiger charge is -2.37. The summed E-state index contributed by atoms with van der Waals surface area (Å²) in [4.78, 5) is 25.5. The quantitative estimate of drug-likeness (QED) is 0.852. The van der Waals surface area contributed by atoms with E-state index < -0.39 is 0 Å². The summed E-state index contributed by atoms with van der Waals surface area (Å²) in [5.41, 5.74) is 1.88. The first-order valence-electron chi connectivity index (χ1n) is 8.07. The second-order valence-corrected chi connectivity index (χ2v) is 6.13. The Bertz CT molecular complexity index is 694.